The van der Waals surface area contributed by atoms with Gasteiger partial charge in [0.1, 0.15) is 0 Å². The molecule has 2 rings (SSSR count). The van der Waals surface area contributed by atoms with Gasteiger partial charge in [-0.1, -0.05) is 0 Å². The van der Waals surface area contributed by atoms with E-state index in [4.69, 9.17) is 10.5 Å². The average Bonchev–Trinajstić information content (AvgIpc) is 2.39. The first-order valence-corrected chi connectivity index (χ1v) is 5.66. The van der Waals surface area contributed by atoms with Gasteiger partial charge in [-0.25, -0.2) is 0 Å². The third-order valence-corrected chi connectivity index (χ3v) is 2.87. The Morgan fingerprint density at radius 1 is 1.41 bits per heavy atom. The van der Waals surface area contributed by atoms with Crippen LogP contribution in [-0.4, -0.2) is 39.3 Å². The topological polar surface area (TPSA) is 67.6 Å². The van der Waals surface area contributed by atoms with Gasteiger partial charge in [-0.05, 0) is 18.2 Å². The van der Waals surface area contributed by atoms with Crippen molar-refractivity contribution in [3.05, 3.63) is 23.8 Å². The highest BCUT2D eigenvalue weighted by atomic mass is 16.5. The zero-order valence-corrected chi connectivity index (χ0v) is 9.90. The van der Waals surface area contributed by atoms with E-state index < -0.39 is 0 Å². The number of hydrogen-bond acceptors (Lipinski definition) is 4. The zero-order valence-electron chi connectivity index (χ0n) is 9.90. The number of morpholine rings is 1. The molecule has 0 bridgehead atoms. The summed E-state index contributed by atoms with van der Waals surface area (Å²) in [6, 6.07) is 5.34. The van der Waals surface area contributed by atoms with E-state index in [-0.39, 0.29) is 5.91 Å². The number of nitrogens with zero attached hydrogens (tertiary/aromatic N) is 1. The molecule has 0 spiro atoms. The maximum absolute atomic E-state index is 11.6. The Labute approximate surface area is 101 Å². The maximum Gasteiger partial charge on any atom is 0.251 e. The van der Waals surface area contributed by atoms with Crippen molar-refractivity contribution in [2.75, 3.05) is 44.0 Å². The summed E-state index contributed by atoms with van der Waals surface area (Å²) in [5, 5.41) is 2.61. The largest absolute Gasteiger partial charge is 0.397 e. The summed E-state index contributed by atoms with van der Waals surface area (Å²) in [5.41, 5.74) is 8.18. The first-order chi connectivity index (χ1) is 8.22. The van der Waals surface area contributed by atoms with Crippen molar-refractivity contribution >= 4 is 17.3 Å². The van der Waals surface area contributed by atoms with Crippen molar-refractivity contribution in [1.29, 1.82) is 0 Å². The Balaban J connectivity index is 2.28. The molecule has 0 unspecified atom stereocenters. The number of carbonyl (C=O) groups excluding carboxylic acids is 1. The van der Waals surface area contributed by atoms with Gasteiger partial charge in [0.15, 0.2) is 0 Å². The number of carbonyl (C=O) groups is 1. The highest BCUT2D eigenvalue weighted by Crippen LogP contribution is 2.25. The van der Waals surface area contributed by atoms with Gasteiger partial charge >= 0.3 is 0 Å². The van der Waals surface area contributed by atoms with Crippen molar-refractivity contribution in [1.82, 2.24) is 5.32 Å². The summed E-state index contributed by atoms with van der Waals surface area (Å²) in [6.45, 7) is 3.01. The lowest BCUT2D eigenvalue weighted by Gasteiger charge is -2.30. The van der Waals surface area contributed by atoms with Crippen molar-refractivity contribution in [3.8, 4) is 0 Å². The second-order valence-electron chi connectivity index (χ2n) is 3.95. The number of ether oxygens (including phenoxy) is 1. The molecular formula is C12H17N3O2. The van der Waals surface area contributed by atoms with Crippen LogP contribution in [0.2, 0.25) is 0 Å². The van der Waals surface area contributed by atoms with E-state index in [1.54, 1.807) is 19.2 Å². The number of rotatable bonds is 2. The third-order valence-electron chi connectivity index (χ3n) is 2.87. The Morgan fingerprint density at radius 3 is 2.76 bits per heavy atom. The molecule has 1 aliphatic heterocycles. The van der Waals surface area contributed by atoms with Crippen molar-refractivity contribution in [2.24, 2.45) is 0 Å². The quantitative estimate of drug-likeness (QED) is 0.731. The van der Waals surface area contributed by atoms with Crippen LogP contribution in [-0.2, 0) is 4.74 Å². The molecule has 0 aromatic heterocycles. The van der Waals surface area contributed by atoms with E-state index >= 15 is 0 Å². The summed E-state index contributed by atoms with van der Waals surface area (Å²) < 4.78 is 5.30. The fraction of sp³-hybridized carbons (Fsp3) is 0.417. The van der Waals surface area contributed by atoms with Gasteiger partial charge in [-0.15, -0.1) is 0 Å². The second kappa shape index (κ2) is 5.05. The fourth-order valence-corrected chi connectivity index (χ4v) is 1.91. The van der Waals surface area contributed by atoms with Gasteiger partial charge in [0.25, 0.3) is 5.91 Å². The first-order valence-electron chi connectivity index (χ1n) is 5.66. The van der Waals surface area contributed by atoms with Crippen molar-refractivity contribution < 1.29 is 9.53 Å². The van der Waals surface area contributed by atoms with E-state index in [9.17, 15) is 4.79 Å². The summed E-state index contributed by atoms with van der Waals surface area (Å²) in [7, 11) is 1.62. The first kappa shape index (κ1) is 11.7. The van der Waals surface area contributed by atoms with E-state index in [1.165, 1.54) is 0 Å². The van der Waals surface area contributed by atoms with Crippen molar-refractivity contribution in [3.63, 3.8) is 0 Å². The number of benzene rings is 1. The molecule has 1 fully saturated rings. The fourth-order valence-electron chi connectivity index (χ4n) is 1.91. The summed E-state index contributed by atoms with van der Waals surface area (Å²) in [6.07, 6.45) is 0. The Kier molecular flexibility index (Phi) is 3.49. The molecule has 0 saturated carbocycles. The number of nitrogens with one attached hydrogen (secondary N) is 1. The summed E-state index contributed by atoms with van der Waals surface area (Å²) in [5.74, 6) is -0.0977. The number of anilines is 2. The molecule has 1 amide bonds. The summed E-state index contributed by atoms with van der Waals surface area (Å²) >= 11 is 0. The molecule has 5 heteroatoms. The predicted molar refractivity (Wildman–Crippen MR) is 67.3 cm³/mol. The molecule has 3 N–H and O–H groups in total. The SMILES string of the molecule is CNC(=O)c1ccc(N)c(N2CCOCC2)c1. The lowest BCUT2D eigenvalue weighted by Crippen LogP contribution is -2.36. The smallest absolute Gasteiger partial charge is 0.251 e. The molecule has 1 heterocycles. The Hall–Kier alpha value is -1.75. The number of hydrogen-bond donors (Lipinski definition) is 2. The third kappa shape index (κ3) is 2.50. The predicted octanol–water partition coefficient (Wildman–Crippen LogP) is 0.465. The highest BCUT2D eigenvalue weighted by molar-refractivity contribution is 5.96. The van der Waals surface area contributed by atoms with E-state index in [0.717, 1.165) is 18.8 Å². The minimum Gasteiger partial charge on any atom is -0.397 e. The monoisotopic (exact) mass is 235 g/mol. The highest BCUT2D eigenvalue weighted by Gasteiger charge is 2.15. The van der Waals surface area contributed by atoms with Gasteiger partial charge in [0.2, 0.25) is 0 Å². The molecular weight excluding hydrogens is 218 g/mol. The summed E-state index contributed by atoms with van der Waals surface area (Å²) in [4.78, 5) is 13.7. The molecule has 1 aromatic carbocycles. The van der Waals surface area contributed by atoms with Crippen LogP contribution in [0.4, 0.5) is 11.4 Å². The molecule has 17 heavy (non-hydrogen) atoms. The van der Waals surface area contributed by atoms with Crippen LogP contribution < -0.4 is 16.0 Å². The van der Waals surface area contributed by atoms with Crippen LogP contribution in [0.3, 0.4) is 0 Å². The molecule has 92 valence electrons. The molecule has 0 aliphatic carbocycles. The maximum atomic E-state index is 11.6. The van der Waals surface area contributed by atoms with Gasteiger partial charge < -0.3 is 20.7 Å². The minimum absolute atomic E-state index is 0.0977. The van der Waals surface area contributed by atoms with Crippen LogP contribution in [0, 0.1) is 0 Å². The Bertz CT molecular complexity index is 414. The van der Waals surface area contributed by atoms with Crippen molar-refractivity contribution in [2.45, 2.75) is 0 Å². The molecule has 0 radical (unpaired) electrons. The minimum atomic E-state index is -0.0977. The van der Waals surface area contributed by atoms with E-state index in [2.05, 4.69) is 10.2 Å². The van der Waals surface area contributed by atoms with Crippen LogP contribution in [0.5, 0.6) is 0 Å². The van der Waals surface area contributed by atoms with Gasteiger partial charge in [0.05, 0.1) is 24.6 Å². The van der Waals surface area contributed by atoms with Crippen LogP contribution >= 0.6 is 0 Å². The zero-order chi connectivity index (χ0) is 12.3. The van der Waals surface area contributed by atoms with Gasteiger partial charge in [-0.2, -0.15) is 0 Å². The molecule has 5 nitrogen and oxygen atoms in total. The molecule has 1 saturated heterocycles. The standard InChI is InChI=1S/C12H17N3O2/c1-14-12(16)9-2-3-10(13)11(8-9)15-4-6-17-7-5-15/h2-3,8H,4-7,13H2,1H3,(H,14,16). The van der Waals surface area contributed by atoms with E-state index in [0.29, 0.717) is 24.5 Å². The number of nitrogen functional groups attached to an aromatic ring is 1. The van der Waals surface area contributed by atoms with E-state index in [1.807, 2.05) is 6.07 Å². The lowest BCUT2D eigenvalue weighted by atomic mass is 10.1. The molecule has 0 atom stereocenters. The normalized spacial score (nSPS) is 15.7. The molecule has 1 aromatic rings. The van der Waals surface area contributed by atoms with Gasteiger partial charge in [0, 0.05) is 25.7 Å². The van der Waals surface area contributed by atoms with Crippen LogP contribution in [0.1, 0.15) is 10.4 Å². The Morgan fingerprint density at radius 2 is 2.12 bits per heavy atom. The average molecular weight is 235 g/mol. The number of amides is 1. The number of nitrogens with two attached hydrogens (primary N) is 1. The van der Waals surface area contributed by atoms with Crippen LogP contribution in [0.15, 0.2) is 18.2 Å². The second-order valence-corrected chi connectivity index (χ2v) is 3.95. The lowest BCUT2D eigenvalue weighted by molar-refractivity contribution is 0.0963. The van der Waals surface area contributed by atoms with Gasteiger partial charge in [-0.3, -0.25) is 4.79 Å². The molecule has 1 aliphatic rings. The van der Waals surface area contributed by atoms with Crippen LogP contribution in [0.25, 0.3) is 0 Å².